The van der Waals surface area contributed by atoms with Gasteiger partial charge >= 0.3 is 0 Å². The van der Waals surface area contributed by atoms with Crippen molar-refractivity contribution in [2.75, 3.05) is 20.2 Å². The van der Waals surface area contributed by atoms with E-state index in [-0.39, 0.29) is 15.7 Å². The number of hydrogen-bond acceptors (Lipinski definition) is 4. The van der Waals surface area contributed by atoms with E-state index in [0.29, 0.717) is 0 Å². The Hall–Kier alpha value is -0.960. The average molecular weight is 315 g/mol. The fourth-order valence-electron chi connectivity index (χ4n) is 1.21. The number of nitrogens with one attached hydrogen (secondary N) is 1. The van der Waals surface area contributed by atoms with Crippen LogP contribution in [0.4, 0.5) is 8.78 Å². The molecule has 108 valence electrons. The molecule has 19 heavy (non-hydrogen) atoms. The summed E-state index contributed by atoms with van der Waals surface area (Å²) in [4.78, 5) is -0.310. The standard InChI is InChI=1S/C10H13ClF2N2O3S/c1-18-8-3-2-7(11)4-9(8)19(16,17)15-6-10(12,13)5-14/h2-4,15H,5-6,14H2,1H3. The number of hydrogen-bond donors (Lipinski definition) is 2. The van der Waals surface area contributed by atoms with Crippen LogP contribution in [-0.2, 0) is 10.0 Å². The minimum absolute atomic E-state index is 0.00737. The molecule has 1 aromatic carbocycles. The fourth-order valence-corrected chi connectivity index (χ4v) is 2.70. The molecule has 0 atom stereocenters. The Morgan fingerprint density at radius 1 is 1.47 bits per heavy atom. The van der Waals surface area contributed by atoms with Gasteiger partial charge < -0.3 is 10.5 Å². The van der Waals surface area contributed by atoms with E-state index in [1.165, 1.54) is 19.2 Å². The number of methoxy groups -OCH3 is 1. The minimum atomic E-state index is -4.16. The average Bonchev–Trinajstić information content (AvgIpc) is 2.37. The number of benzene rings is 1. The van der Waals surface area contributed by atoms with E-state index in [9.17, 15) is 17.2 Å². The minimum Gasteiger partial charge on any atom is -0.495 e. The second-order valence-electron chi connectivity index (χ2n) is 3.68. The molecule has 0 saturated heterocycles. The van der Waals surface area contributed by atoms with Gasteiger partial charge in [0.15, 0.2) is 0 Å². The molecule has 0 aromatic heterocycles. The summed E-state index contributed by atoms with van der Waals surface area (Å²) in [6.07, 6.45) is 0. The Morgan fingerprint density at radius 3 is 2.63 bits per heavy atom. The van der Waals surface area contributed by atoms with E-state index in [1.807, 2.05) is 0 Å². The van der Waals surface area contributed by atoms with Gasteiger partial charge in [0, 0.05) is 5.02 Å². The van der Waals surface area contributed by atoms with Gasteiger partial charge in [-0.3, -0.25) is 0 Å². The van der Waals surface area contributed by atoms with Gasteiger partial charge in [-0.25, -0.2) is 21.9 Å². The van der Waals surface area contributed by atoms with Crippen molar-refractivity contribution < 1.29 is 21.9 Å². The number of rotatable bonds is 6. The summed E-state index contributed by atoms with van der Waals surface area (Å²) in [5.74, 6) is -3.31. The van der Waals surface area contributed by atoms with Crippen molar-refractivity contribution in [3.8, 4) is 5.75 Å². The quantitative estimate of drug-likeness (QED) is 0.827. The monoisotopic (exact) mass is 314 g/mol. The zero-order valence-corrected chi connectivity index (χ0v) is 11.6. The molecule has 0 saturated carbocycles. The molecule has 0 unspecified atom stereocenters. The van der Waals surface area contributed by atoms with Crippen LogP contribution < -0.4 is 15.2 Å². The van der Waals surface area contributed by atoms with Gasteiger partial charge in [0.1, 0.15) is 10.6 Å². The van der Waals surface area contributed by atoms with E-state index in [1.54, 1.807) is 4.72 Å². The van der Waals surface area contributed by atoms with Crippen LogP contribution >= 0.6 is 11.6 Å². The second-order valence-corrected chi connectivity index (χ2v) is 5.85. The van der Waals surface area contributed by atoms with Crippen molar-refractivity contribution in [1.29, 1.82) is 0 Å². The summed E-state index contributed by atoms with van der Waals surface area (Å²) >= 11 is 5.68. The molecule has 9 heteroatoms. The molecule has 3 N–H and O–H groups in total. The maximum Gasteiger partial charge on any atom is 0.273 e. The lowest BCUT2D eigenvalue weighted by molar-refractivity contribution is 0.0170. The third-order valence-corrected chi connectivity index (χ3v) is 3.89. The molecule has 0 radical (unpaired) electrons. The van der Waals surface area contributed by atoms with Gasteiger partial charge in [0.05, 0.1) is 20.2 Å². The third kappa shape index (κ3) is 4.27. The Balaban J connectivity index is 3.04. The predicted octanol–water partition coefficient (Wildman–Crippen LogP) is 1.22. The van der Waals surface area contributed by atoms with Gasteiger partial charge in [-0.2, -0.15) is 0 Å². The fraction of sp³-hybridized carbons (Fsp3) is 0.400. The SMILES string of the molecule is COc1ccc(Cl)cc1S(=O)(=O)NCC(F)(F)CN. The number of sulfonamides is 1. The number of halogens is 3. The van der Waals surface area contributed by atoms with Crippen molar-refractivity contribution in [2.24, 2.45) is 5.73 Å². The zero-order chi connectivity index (χ0) is 14.7. The van der Waals surface area contributed by atoms with Gasteiger partial charge in [0.2, 0.25) is 10.0 Å². The van der Waals surface area contributed by atoms with E-state index < -0.39 is 29.0 Å². The van der Waals surface area contributed by atoms with Crippen LogP contribution in [0.15, 0.2) is 23.1 Å². The van der Waals surface area contributed by atoms with Gasteiger partial charge in [-0.1, -0.05) is 11.6 Å². The summed E-state index contributed by atoms with van der Waals surface area (Å²) in [6.45, 7) is -2.05. The number of ether oxygens (including phenoxy) is 1. The van der Waals surface area contributed by atoms with Gasteiger partial charge in [-0.15, -0.1) is 0 Å². The van der Waals surface area contributed by atoms with E-state index >= 15 is 0 Å². The molecule has 0 amide bonds. The van der Waals surface area contributed by atoms with E-state index in [0.717, 1.165) is 6.07 Å². The molecule has 0 fully saturated rings. The molecular weight excluding hydrogens is 302 g/mol. The lowest BCUT2D eigenvalue weighted by Gasteiger charge is -2.16. The normalized spacial score (nSPS) is 12.5. The van der Waals surface area contributed by atoms with Crippen LogP contribution in [-0.4, -0.2) is 34.5 Å². The summed E-state index contributed by atoms with van der Waals surface area (Å²) < 4.78 is 56.3. The first-order valence-electron chi connectivity index (χ1n) is 5.13. The topological polar surface area (TPSA) is 81.4 Å². The molecule has 0 aliphatic carbocycles. The Morgan fingerprint density at radius 2 is 2.11 bits per heavy atom. The maximum absolute atomic E-state index is 13.0. The molecule has 0 spiro atoms. The van der Waals surface area contributed by atoms with E-state index in [4.69, 9.17) is 22.1 Å². The zero-order valence-electron chi connectivity index (χ0n) is 9.99. The van der Waals surface area contributed by atoms with Crippen LogP contribution in [0, 0.1) is 0 Å². The first kappa shape index (κ1) is 16.1. The Kier molecular flexibility index (Phi) is 5.08. The highest BCUT2D eigenvalue weighted by Gasteiger charge is 2.30. The molecule has 0 aliphatic heterocycles. The molecule has 1 aromatic rings. The molecule has 0 heterocycles. The Labute approximate surface area is 114 Å². The third-order valence-electron chi connectivity index (χ3n) is 2.23. The highest BCUT2D eigenvalue weighted by molar-refractivity contribution is 7.89. The molecular formula is C10H13ClF2N2O3S. The van der Waals surface area contributed by atoms with Crippen LogP contribution in [0.3, 0.4) is 0 Å². The van der Waals surface area contributed by atoms with Gasteiger partial charge in [0.25, 0.3) is 5.92 Å². The lowest BCUT2D eigenvalue weighted by Crippen LogP contribution is -2.41. The van der Waals surface area contributed by atoms with Crippen LogP contribution in [0.1, 0.15) is 0 Å². The first-order valence-corrected chi connectivity index (χ1v) is 6.99. The number of alkyl halides is 2. The smallest absolute Gasteiger partial charge is 0.273 e. The summed E-state index contributed by atoms with van der Waals surface area (Å²) in [7, 11) is -2.90. The maximum atomic E-state index is 13.0. The summed E-state index contributed by atoms with van der Waals surface area (Å²) in [5.41, 5.74) is 4.82. The second kappa shape index (κ2) is 6.00. The summed E-state index contributed by atoms with van der Waals surface area (Å²) in [5, 5.41) is 0.145. The van der Waals surface area contributed by atoms with Crippen LogP contribution in [0.2, 0.25) is 5.02 Å². The molecule has 1 rings (SSSR count). The number of nitrogens with two attached hydrogens (primary N) is 1. The predicted molar refractivity (Wildman–Crippen MR) is 67.2 cm³/mol. The highest BCUT2D eigenvalue weighted by atomic mass is 35.5. The lowest BCUT2D eigenvalue weighted by atomic mass is 10.3. The highest BCUT2D eigenvalue weighted by Crippen LogP contribution is 2.27. The van der Waals surface area contributed by atoms with Crippen molar-refractivity contribution in [3.63, 3.8) is 0 Å². The molecule has 5 nitrogen and oxygen atoms in total. The van der Waals surface area contributed by atoms with Gasteiger partial charge in [-0.05, 0) is 18.2 Å². The van der Waals surface area contributed by atoms with Crippen molar-refractivity contribution in [3.05, 3.63) is 23.2 Å². The van der Waals surface area contributed by atoms with Crippen molar-refractivity contribution >= 4 is 21.6 Å². The largest absolute Gasteiger partial charge is 0.495 e. The van der Waals surface area contributed by atoms with Crippen molar-refractivity contribution in [1.82, 2.24) is 4.72 Å². The first-order chi connectivity index (χ1) is 8.72. The summed E-state index contributed by atoms with van der Waals surface area (Å²) in [6, 6.07) is 3.87. The van der Waals surface area contributed by atoms with E-state index in [2.05, 4.69) is 0 Å². The molecule has 0 bridgehead atoms. The van der Waals surface area contributed by atoms with Crippen LogP contribution in [0.25, 0.3) is 0 Å². The van der Waals surface area contributed by atoms with Crippen LogP contribution in [0.5, 0.6) is 5.75 Å². The Bertz CT molecular complexity index is 552. The van der Waals surface area contributed by atoms with Crippen molar-refractivity contribution in [2.45, 2.75) is 10.8 Å². The molecule has 0 aliphatic rings.